The lowest BCUT2D eigenvalue weighted by Gasteiger charge is -2.12. The molecule has 1 heterocycles. The summed E-state index contributed by atoms with van der Waals surface area (Å²) in [6, 6.07) is 11.4. The third-order valence-electron chi connectivity index (χ3n) is 3.37. The van der Waals surface area contributed by atoms with Gasteiger partial charge in [-0.1, -0.05) is 11.6 Å². The number of carbonyl (C=O) groups excluding carboxylic acids is 1. The van der Waals surface area contributed by atoms with Crippen molar-refractivity contribution < 1.29 is 17.9 Å². The second kappa shape index (κ2) is 7.19. The summed E-state index contributed by atoms with van der Waals surface area (Å²) in [6.45, 7) is 0. The number of ether oxygens (including phenoxy) is 1. The molecule has 3 rings (SSSR count). The molecule has 0 fully saturated rings. The van der Waals surface area contributed by atoms with Crippen LogP contribution in [0.3, 0.4) is 0 Å². The lowest BCUT2D eigenvalue weighted by atomic mass is 10.0. The molecule has 0 unspecified atom stereocenters. The summed E-state index contributed by atoms with van der Waals surface area (Å²) in [5.74, 6) is 0.312. The van der Waals surface area contributed by atoms with E-state index in [1.54, 1.807) is 42.7 Å². The molecule has 0 spiro atoms. The molecule has 1 amide bonds. The van der Waals surface area contributed by atoms with Crippen molar-refractivity contribution in [1.82, 2.24) is 14.9 Å². The zero-order chi connectivity index (χ0) is 18.7. The summed E-state index contributed by atoms with van der Waals surface area (Å²) in [6.07, 6.45) is 4.13. The number of benzene rings is 2. The second-order valence-corrected chi connectivity index (χ2v) is 7.64. The first-order chi connectivity index (χ1) is 12.3. The van der Waals surface area contributed by atoms with Gasteiger partial charge < -0.3 is 4.74 Å². The molecule has 0 aliphatic carbocycles. The van der Waals surface area contributed by atoms with Gasteiger partial charge in [-0.15, -0.1) is 0 Å². The number of aromatic nitrogens is 2. The number of carbonyl (C=O) groups is 1. The van der Waals surface area contributed by atoms with Crippen LogP contribution >= 0.6 is 11.6 Å². The van der Waals surface area contributed by atoms with Gasteiger partial charge in [0.1, 0.15) is 11.5 Å². The number of sulfonamides is 1. The Bertz CT molecular complexity index is 1030. The molecule has 7 nitrogen and oxygen atoms in total. The van der Waals surface area contributed by atoms with Gasteiger partial charge in [-0.25, -0.2) is 13.1 Å². The normalized spacial score (nSPS) is 11.2. The minimum Gasteiger partial charge on any atom is -0.457 e. The lowest BCUT2D eigenvalue weighted by Crippen LogP contribution is -2.29. The van der Waals surface area contributed by atoms with Gasteiger partial charge in [0.15, 0.2) is 0 Å². The van der Waals surface area contributed by atoms with E-state index in [0.29, 0.717) is 27.6 Å². The standard InChI is InChI=1S/C17H14ClN3O4S/c1-26(23,24)21-17(22)11-2-7-16(15(8-11)12-9-19-20-10-12)25-14-5-3-13(18)4-6-14/h2-10H,1H3,(H,19,20)(H,21,22). The minimum atomic E-state index is -3.66. The number of H-pyrrole nitrogens is 1. The van der Waals surface area contributed by atoms with Gasteiger partial charge in [-0.05, 0) is 42.5 Å². The molecular formula is C17H14ClN3O4S. The number of halogens is 1. The molecule has 0 bridgehead atoms. The van der Waals surface area contributed by atoms with E-state index in [-0.39, 0.29) is 5.56 Å². The predicted molar refractivity (Wildman–Crippen MR) is 97.9 cm³/mol. The number of hydrogen-bond acceptors (Lipinski definition) is 5. The largest absolute Gasteiger partial charge is 0.457 e. The highest BCUT2D eigenvalue weighted by Gasteiger charge is 2.16. The Morgan fingerprint density at radius 1 is 1.19 bits per heavy atom. The maximum atomic E-state index is 12.1. The van der Waals surface area contributed by atoms with E-state index < -0.39 is 15.9 Å². The van der Waals surface area contributed by atoms with Crippen LogP contribution in [0.25, 0.3) is 11.1 Å². The number of rotatable bonds is 5. The first-order valence-corrected chi connectivity index (χ1v) is 9.67. The Hall–Kier alpha value is -2.84. The highest BCUT2D eigenvalue weighted by atomic mass is 35.5. The molecule has 2 aromatic carbocycles. The molecule has 26 heavy (non-hydrogen) atoms. The van der Waals surface area contributed by atoms with Gasteiger partial charge >= 0.3 is 0 Å². The predicted octanol–water partition coefficient (Wildman–Crippen LogP) is 3.21. The number of nitrogens with zero attached hydrogens (tertiary/aromatic N) is 1. The molecule has 134 valence electrons. The average Bonchev–Trinajstić information content (AvgIpc) is 3.10. The second-order valence-electron chi connectivity index (χ2n) is 5.46. The van der Waals surface area contributed by atoms with Crippen LogP contribution in [0.4, 0.5) is 0 Å². The molecular weight excluding hydrogens is 378 g/mol. The molecule has 0 saturated heterocycles. The van der Waals surface area contributed by atoms with Crippen molar-refractivity contribution in [3.63, 3.8) is 0 Å². The Morgan fingerprint density at radius 2 is 1.92 bits per heavy atom. The molecule has 0 saturated carbocycles. The van der Waals surface area contributed by atoms with Gasteiger partial charge in [-0.2, -0.15) is 5.10 Å². The number of amides is 1. The fourth-order valence-corrected chi connectivity index (χ4v) is 2.82. The first kappa shape index (κ1) is 18.0. The van der Waals surface area contributed by atoms with Crippen molar-refractivity contribution in [2.45, 2.75) is 0 Å². The maximum Gasteiger partial charge on any atom is 0.264 e. The molecule has 3 aromatic rings. The fraction of sp³-hybridized carbons (Fsp3) is 0.0588. The zero-order valence-electron chi connectivity index (χ0n) is 13.6. The van der Waals surface area contributed by atoms with Crippen LogP contribution in [0, 0.1) is 0 Å². The van der Waals surface area contributed by atoms with Crippen LogP contribution in [0.5, 0.6) is 11.5 Å². The monoisotopic (exact) mass is 391 g/mol. The van der Waals surface area contributed by atoms with Crippen molar-refractivity contribution >= 4 is 27.5 Å². The average molecular weight is 392 g/mol. The minimum absolute atomic E-state index is 0.176. The van der Waals surface area contributed by atoms with E-state index in [1.165, 1.54) is 12.1 Å². The molecule has 1 aromatic heterocycles. The lowest BCUT2D eigenvalue weighted by molar-refractivity contribution is 0.0981. The summed E-state index contributed by atoms with van der Waals surface area (Å²) >= 11 is 5.87. The summed E-state index contributed by atoms with van der Waals surface area (Å²) in [5.41, 5.74) is 1.44. The Labute approximate surface area is 155 Å². The van der Waals surface area contributed by atoms with Gasteiger partial charge in [0.2, 0.25) is 10.0 Å². The Kier molecular flexibility index (Phi) is 4.97. The molecule has 0 radical (unpaired) electrons. The van der Waals surface area contributed by atoms with Crippen molar-refractivity contribution in [2.24, 2.45) is 0 Å². The maximum absolute atomic E-state index is 12.1. The van der Waals surface area contributed by atoms with Crippen LogP contribution < -0.4 is 9.46 Å². The molecule has 2 N–H and O–H groups in total. The highest BCUT2D eigenvalue weighted by molar-refractivity contribution is 7.89. The molecule has 0 atom stereocenters. The topological polar surface area (TPSA) is 101 Å². The molecule has 0 aliphatic rings. The van der Waals surface area contributed by atoms with Gasteiger partial charge in [0, 0.05) is 27.9 Å². The summed E-state index contributed by atoms with van der Waals surface area (Å²) < 4.78 is 30.4. The van der Waals surface area contributed by atoms with E-state index in [2.05, 4.69) is 10.2 Å². The Balaban J connectivity index is 1.99. The number of nitrogens with one attached hydrogen (secondary N) is 2. The number of aromatic amines is 1. The van der Waals surface area contributed by atoms with Crippen LogP contribution in [0.15, 0.2) is 54.9 Å². The summed E-state index contributed by atoms with van der Waals surface area (Å²) in [7, 11) is -3.66. The number of hydrogen-bond donors (Lipinski definition) is 2. The Morgan fingerprint density at radius 3 is 2.54 bits per heavy atom. The van der Waals surface area contributed by atoms with Gasteiger partial charge in [0.05, 0.1) is 12.5 Å². The van der Waals surface area contributed by atoms with E-state index in [0.717, 1.165) is 6.26 Å². The third kappa shape index (κ3) is 4.41. The summed E-state index contributed by atoms with van der Waals surface area (Å²) in [4.78, 5) is 12.1. The van der Waals surface area contributed by atoms with Crippen molar-refractivity contribution in [1.29, 1.82) is 0 Å². The molecule has 9 heteroatoms. The smallest absolute Gasteiger partial charge is 0.264 e. The van der Waals surface area contributed by atoms with Gasteiger partial charge in [0.25, 0.3) is 5.91 Å². The van der Waals surface area contributed by atoms with Crippen LogP contribution in [-0.2, 0) is 10.0 Å². The quantitative estimate of drug-likeness (QED) is 0.695. The third-order valence-corrected chi connectivity index (χ3v) is 4.18. The molecule has 0 aliphatic heterocycles. The van der Waals surface area contributed by atoms with Gasteiger partial charge in [-0.3, -0.25) is 9.89 Å². The van der Waals surface area contributed by atoms with E-state index >= 15 is 0 Å². The van der Waals surface area contributed by atoms with Crippen molar-refractivity contribution in [3.05, 3.63) is 65.4 Å². The van der Waals surface area contributed by atoms with E-state index in [1.807, 2.05) is 4.72 Å². The van der Waals surface area contributed by atoms with Crippen LogP contribution in [0.1, 0.15) is 10.4 Å². The van der Waals surface area contributed by atoms with Crippen LogP contribution in [0.2, 0.25) is 5.02 Å². The van der Waals surface area contributed by atoms with E-state index in [9.17, 15) is 13.2 Å². The highest BCUT2D eigenvalue weighted by Crippen LogP contribution is 2.34. The fourth-order valence-electron chi connectivity index (χ4n) is 2.24. The van der Waals surface area contributed by atoms with E-state index in [4.69, 9.17) is 16.3 Å². The van der Waals surface area contributed by atoms with Crippen molar-refractivity contribution in [2.75, 3.05) is 6.26 Å². The van der Waals surface area contributed by atoms with Crippen LogP contribution in [-0.4, -0.2) is 30.8 Å². The zero-order valence-corrected chi connectivity index (χ0v) is 15.1. The SMILES string of the molecule is CS(=O)(=O)NC(=O)c1ccc(Oc2ccc(Cl)cc2)c(-c2cn[nH]c2)c1. The van der Waals surface area contributed by atoms with Crippen molar-refractivity contribution in [3.8, 4) is 22.6 Å². The summed E-state index contributed by atoms with van der Waals surface area (Å²) in [5, 5.41) is 7.18. The first-order valence-electron chi connectivity index (χ1n) is 7.40.